The Labute approximate surface area is 365 Å². The number of para-hydroxylation sites is 2. The van der Waals surface area contributed by atoms with Crippen molar-refractivity contribution in [2.75, 3.05) is 0 Å². The van der Waals surface area contributed by atoms with Gasteiger partial charge in [-0.1, -0.05) is 152 Å². The van der Waals surface area contributed by atoms with Crippen molar-refractivity contribution in [2.24, 2.45) is 0 Å². The van der Waals surface area contributed by atoms with Gasteiger partial charge in [-0.2, -0.15) is 0 Å². The second-order valence-corrected chi connectivity index (χ2v) is 17.0. The molecule has 0 fully saturated rings. The van der Waals surface area contributed by atoms with Crippen LogP contribution in [-0.4, -0.2) is 19.5 Å². The first-order valence-corrected chi connectivity index (χ1v) is 21.9. The third-order valence-corrected chi connectivity index (χ3v) is 13.4. The molecule has 0 saturated heterocycles. The highest BCUT2D eigenvalue weighted by Gasteiger charge is 2.23. The van der Waals surface area contributed by atoms with E-state index in [-0.39, 0.29) is 0 Å². The van der Waals surface area contributed by atoms with E-state index in [1.165, 1.54) is 47.5 Å². The van der Waals surface area contributed by atoms with Gasteiger partial charge in [0.05, 0.1) is 16.7 Å². The Morgan fingerprint density at radius 2 is 0.984 bits per heavy atom. The van der Waals surface area contributed by atoms with Crippen molar-refractivity contribution < 1.29 is 4.42 Å². The van der Waals surface area contributed by atoms with E-state index >= 15 is 0 Å². The smallest absolute Gasteiger partial charge is 0.164 e. The van der Waals surface area contributed by atoms with E-state index in [4.69, 9.17) is 19.4 Å². The zero-order valence-corrected chi connectivity index (χ0v) is 34.6. The van der Waals surface area contributed by atoms with Crippen LogP contribution < -0.4 is 0 Å². The standard InChI is InChI=1S/C57H34N4OS/c1-3-15-35(16-4-1)37-19-13-20-39(33-37)56-58-55(36-17-5-2-6-18-36)59-57(60-56)43-24-14-27-49-53(43)44-34-38(29-31-48(44)62-49)52-47(30-32-51-54(52)42-23-9-12-28-50(42)63-51)61-45-25-10-7-21-40(45)41-22-8-11-26-46(41)61/h1-34H. The number of benzene rings is 9. The number of hydrogen-bond donors (Lipinski definition) is 0. The average molecular weight is 823 g/mol. The molecule has 0 radical (unpaired) electrons. The van der Waals surface area contributed by atoms with E-state index in [0.717, 1.165) is 61.0 Å². The fourth-order valence-electron chi connectivity index (χ4n) is 9.45. The van der Waals surface area contributed by atoms with Gasteiger partial charge in [0.15, 0.2) is 17.5 Å². The van der Waals surface area contributed by atoms with Gasteiger partial charge in [-0.15, -0.1) is 11.3 Å². The Kier molecular flexibility index (Phi) is 8.01. The van der Waals surface area contributed by atoms with Crippen LogP contribution in [0, 0.1) is 0 Å². The van der Waals surface area contributed by atoms with E-state index in [1.807, 2.05) is 59.9 Å². The molecule has 0 aliphatic heterocycles. The van der Waals surface area contributed by atoms with Gasteiger partial charge in [-0.3, -0.25) is 0 Å². The van der Waals surface area contributed by atoms with Gasteiger partial charge in [-0.05, 0) is 71.3 Å². The van der Waals surface area contributed by atoms with E-state index in [9.17, 15) is 0 Å². The van der Waals surface area contributed by atoms with Crippen molar-refractivity contribution in [3.63, 3.8) is 0 Å². The number of aromatic nitrogens is 4. The molecular weight excluding hydrogens is 789 g/mol. The highest BCUT2D eigenvalue weighted by atomic mass is 32.1. The van der Waals surface area contributed by atoms with Crippen LogP contribution in [0.5, 0.6) is 0 Å². The van der Waals surface area contributed by atoms with E-state index in [1.54, 1.807) is 0 Å². The van der Waals surface area contributed by atoms with Gasteiger partial charge >= 0.3 is 0 Å². The predicted octanol–water partition coefficient (Wildman–Crippen LogP) is 15.6. The van der Waals surface area contributed by atoms with Gasteiger partial charge in [0.1, 0.15) is 11.2 Å². The SMILES string of the molecule is c1ccc(-c2cccc(-c3nc(-c4ccccc4)nc(-c4cccc5oc6ccc(-c7c(-n8c9ccccc9c9ccccc98)ccc8sc9ccccc9c78)cc6c45)n3)c2)cc1. The number of nitrogens with zero attached hydrogens (tertiary/aromatic N) is 4. The first-order valence-electron chi connectivity index (χ1n) is 21.1. The fraction of sp³-hybridized carbons (Fsp3) is 0. The van der Waals surface area contributed by atoms with Gasteiger partial charge in [-0.25, -0.2) is 15.0 Å². The molecule has 0 aliphatic carbocycles. The van der Waals surface area contributed by atoms with Crippen molar-refractivity contribution in [1.29, 1.82) is 0 Å². The first kappa shape index (κ1) is 35.6. The molecule has 4 heterocycles. The molecule has 13 aromatic rings. The molecule has 63 heavy (non-hydrogen) atoms. The molecule has 0 spiro atoms. The van der Waals surface area contributed by atoms with E-state index in [0.29, 0.717) is 17.5 Å². The van der Waals surface area contributed by atoms with Crippen molar-refractivity contribution in [2.45, 2.75) is 0 Å². The Balaban J connectivity index is 1.07. The second-order valence-electron chi connectivity index (χ2n) is 15.9. The minimum Gasteiger partial charge on any atom is -0.456 e. The summed E-state index contributed by atoms with van der Waals surface area (Å²) >= 11 is 1.84. The summed E-state index contributed by atoms with van der Waals surface area (Å²) in [5, 5.41) is 6.91. The van der Waals surface area contributed by atoms with Crippen LogP contribution >= 0.6 is 11.3 Å². The lowest BCUT2D eigenvalue weighted by molar-refractivity contribution is 0.669. The molecule has 294 valence electrons. The van der Waals surface area contributed by atoms with Crippen LogP contribution in [0.15, 0.2) is 211 Å². The number of furan rings is 1. The normalized spacial score (nSPS) is 11.8. The molecule has 0 bridgehead atoms. The minimum atomic E-state index is 0.583. The second kappa shape index (κ2) is 14.2. The lowest BCUT2D eigenvalue weighted by Gasteiger charge is -2.16. The quantitative estimate of drug-likeness (QED) is 0.168. The van der Waals surface area contributed by atoms with Crippen molar-refractivity contribution >= 4 is 75.3 Å². The summed E-state index contributed by atoms with van der Waals surface area (Å²) in [6, 6.07) is 72.6. The Morgan fingerprint density at radius 3 is 1.76 bits per heavy atom. The maximum absolute atomic E-state index is 6.69. The molecule has 9 aromatic carbocycles. The molecule has 0 unspecified atom stereocenters. The highest BCUT2D eigenvalue weighted by Crippen LogP contribution is 2.47. The number of fused-ring (bicyclic) bond motifs is 9. The molecule has 4 aromatic heterocycles. The molecule has 0 amide bonds. The average Bonchev–Trinajstić information content (AvgIpc) is 4.04. The van der Waals surface area contributed by atoms with Gasteiger partial charge in [0, 0.05) is 64.0 Å². The van der Waals surface area contributed by atoms with Crippen LogP contribution in [-0.2, 0) is 0 Å². The van der Waals surface area contributed by atoms with Crippen LogP contribution in [0.1, 0.15) is 0 Å². The molecule has 5 nitrogen and oxygen atoms in total. The summed E-state index contributed by atoms with van der Waals surface area (Å²) in [4.78, 5) is 15.6. The summed E-state index contributed by atoms with van der Waals surface area (Å²) in [7, 11) is 0. The molecule has 0 aliphatic rings. The zero-order valence-electron chi connectivity index (χ0n) is 33.7. The number of rotatable bonds is 6. The third kappa shape index (κ3) is 5.73. The topological polar surface area (TPSA) is 56.7 Å². The van der Waals surface area contributed by atoms with Gasteiger partial charge in [0.25, 0.3) is 0 Å². The summed E-state index contributed by atoms with van der Waals surface area (Å²) in [5.74, 6) is 1.80. The van der Waals surface area contributed by atoms with Crippen molar-refractivity contribution in [1.82, 2.24) is 19.5 Å². The van der Waals surface area contributed by atoms with Gasteiger partial charge in [0.2, 0.25) is 0 Å². The predicted molar refractivity (Wildman–Crippen MR) is 262 cm³/mol. The van der Waals surface area contributed by atoms with E-state index < -0.39 is 0 Å². The summed E-state index contributed by atoms with van der Waals surface area (Å²) in [6.07, 6.45) is 0. The maximum atomic E-state index is 6.69. The Morgan fingerprint density at radius 1 is 0.365 bits per heavy atom. The minimum absolute atomic E-state index is 0.583. The Hall–Kier alpha value is -8.19. The molecule has 0 atom stereocenters. The first-order chi connectivity index (χ1) is 31.2. The fourth-order valence-corrected chi connectivity index (χ4v) is 10.6. The largest absolute Gasteiger partial charge is 0.456 e. The van der Waals surface area contributed by atoms with Crippen LogP contribution in [0.3, 0.4) is 0 Å². The molecule has 6 heteroatoms. The molecule has 13 rings (SSSR count). The summed E-state index contributed by atoms with van der Waals surface area (Å²) < 4.78 is 11.6. The molecular formula is C57H34N4OS. The monoisotopic (exact) mass is 822 g/mol. The lowest BCUT2D eigenvalue weighted by atomic mass is 9.95. The molecule has 0 saturated carbocycles. The number of thiophene rings is 1. The van der Waals surface area contributed by atoms with Crippen LogP contribution in [0.25, 0.3) is 126 Å². The van der Waals surface area contributed by atoms with E-state index in [2.05, 4.69) is 162 Å². The zero-order chi connectivity index (χ0) is 41.4. The molecule has 0 N–H and O–H groups in total. The lowest BCUT2D eigenvalue weighted by Crippen LogP contribution is -2.00. The Bertz CT molecular complexity index is 3870. The number of hydrogen-bond acceptors (Lipinski definition) is 5. The van der Waals surface area contributed by atoms with Crippen molar-refractivity contribution in [3.8, 4) is 62.1 Å². The van der Waals surface area contributed by atoms with Gasteiger partial charge < -0.3 is 8.98 Å². The van der Waals surface area contributed by atoms with Crippen LogP contribution in [0.2, 0.25) is 0 Å². The maximum Gasteiger partial charge on any atom is 0.164 e. The third-order valence-electron chi connectivity index (χ3n) is 12.3. The highest BCUT2D eigenvalue weighted by molar-refractivity contribution is 7.26. The van der Waals surface area contributed by atoms with Crippen LogP contribution in [0.4, 0.5) is 0 Å². The summed E-state index contributed by atoms with van der Waals surface area (Å²) in [6.45, 7) is 0. The summed E-state index contributed by atoms with van der Waals surface area (Å²) in [5.41, 5.74) is 12.3. The van der Waals surface area contributed by atoms with Crippen molar-refractivity contribution in [3.05, 3.63) is 206 Å².